The number of hydrogen-bond donors (Lipinski definition) is 1. The molecule has 22 heavy (non-hydrogen) atoms. The normalized spacial score (nSPS) is 19.8. The summed E-state index contributed by atoms with van der Waals surface area (Å²) in [4.78, 5) is 10.1. The number of hydrogen-bond acceptors (Lipinski definition) is 6. The number of rotatable bonds is 5. The minimum atomic E-state index is -3.76. The first-order valence-corrected chi connectivity index (χ1v) is 8.36. The average molecular weight is 329 g/mol. The average Bonchev–Trinajstić information content (AvgIpc) is 2.54. The molecule has 9 heteroatoms. The van der Waals surface area contributed by atoms with Crippen LogP contribution in [0.25, 0.3) is 0 Å². The van der Waals surface area contributed by atoms with Gasteiger partial charge in [-0.15, -0.1) is 0 Å². The second-order valence-corrected chi connectivity index (χ2v) is 7.11. The molecular formula is C13H19N3O5S. The van der Waals surface area contributed by atoms with Gasteiger partial charge in [0.15, 0.2) is 0 Å². The maximum Gasteiger partial charge on any atom is 0.273 e. The molecule has 1 aromatic carbocycles. The van der Waals surface area contributed by atoms with Crippen LogP contribution in [-0.4, -0.2) is 44.4 Å². The molecule has 0 aliphatic carbocycles. The van der Waals surface area contributed by atoms with E-state index in [1.54, 1.807) is 0 Å². The van der Waals surface area contributed by atoms with E-state index in [9.17, 15) is 18.5 Å². The molecule has 1 aromatic rings. The molecule has 0 aromatic heterocycles. The van der Waals surface area contributed by atoms with E-state index in [4.69, 9.17) is 10.5 Å². The topological polar surface area (TPSA) is 116 Å². The minimum Gasteiger partial charge on any atom is -0.495 e. The molecule has 1 atom stereocenters. The monoisotopic (exact) mass is 329 g/mol. The van der Waals surface area contributed by atoms with E-state index in [-0.39, 0.29) is 22.3 Å². The summed E-state index contributed by atoms with van der Waals surface area (Å²) in [7, 11) is -2.47. The van der Waals surface area contributed by atoms with Crippen LogP contribution in [0.5, 0.6) is 5.75 Å². The predicted octanol–water partition coefficient (Wildman–Crippen LogP) is 0.963. The second kappa shape index (κ2) is 6.59. The SMILES string of the molecule is COc1cc([N+](=O)[O-])ccc1S(=O)(=O)N1CCCC(CN)C1. The summed E-state index contributed by atoms with van der Waals surface area (Å²) in [6.45, 7) is 1.21. The standard InChI is InChI=1S/C13H19N3O5S/c1-21-12-7-11(16(17)18)4-5-13(12)22(19,20)15-6-2-3-10(8-14)9-15/h4-5,7,10H,2-3,6,8-9,14H2,1H3. The zero-order chi connectivity index (χ0) is 16.3. The fourth-order valence-corrected chi connectivity index (χ4v) is 4.25. The molecule has 2 rings (SSSR count). The highest BCUT2D eigenvalue weighted by Gasteiger charge is 2.32. The molecule has 1 unspecified atom stereocenters. The van der Waals surface area contributed by atoms with Crippen LogP contribution in [-0.2, 0) is 10.0 Å². The van der Waals surface area contributed by atoms with E-state index < -0.39 is 14.9 Å². The van der Waals surface area contributed by atoms with Gasteiger partial charge in [0, 0.05) is 19.2 Å². The summed E-state index contributed by atoms with van der Waals surface area (Å²) < 4.78 is 31.9. The number of ether oxygens (including phenoxy) is 1. The third kappa shape index (κ3) is 3.21. The van der Waals surface area contributed by atoms with Crippen LogP contribution < -0.4 is 10.5 Å². The van der Waals surface area contributed by atoms with Gasteiger partial charge < -0.3 is 10.5 Å². The van der Waals surface area contributed by atoms with Gasteiger partial charge >= 0.3 is 0 Å². The van der Waals surface area contributed by atoms with Crippen LogP contribution >= 0.6 is 0 Å². The van der Waals surface area contributed by atoms with E-state index in [1.807, 2.05) is 0 Å². The van der Waals surface area contributed by atoms with Crippen molar-refractivity contribution in [3.05, 3.63) is 28.3 Å². The smallest absolute Gasteiger partial charge is 0.273 e. The van der Waals surface area contributed by atoms with Gasteiger partial charge in [0.2, 0.25) is 10.0 Å². The number of nitro benzene ring substituents is 1. The van der Waals surface area contributed by atoms with Crippen LogP contribution in [0.4, 0.5) is 5.69 Å². The van der Waals surface area contributed by atoms with Crippen molar-refractivity contribution in [2.45, 2.75) is 17.7 Å². The van der Waals surface area contributed by atoms with Gasteiger partial charge in [0.05, 0.1) is 18.1 Å². The molecule has 1 saturated heterocycles. The Morgan fingerprint density at radius 1 is 1.50 bits per heavy atom. The Morgan fingerprint density at radius 3 is 2.82 bits per heavy atom. The number of nitro groups is 1. The minimum absolute atomic E-state index is 0.0240. The molecule has 0 bridgehead atoms. The molecule has 1 fully saturated rings. The maximum atomic E-state index is 12.7. The first-order valence-electron chi connectivity index (χ1n) is 6.92. The van der Waals surface area contributed by atoms with Gasteiger partial charge in [-0.2, -0.15) is 4.31 Å². The quantitative estimate of drug-likeness (QED) is 0.635. The first-order chi connectivity index (χ1) is 10.4. The van der Waals surface area contributed by atoms with E-state index >= 15 is 0 Å². The molecule has 2 N–H and O–H groups in total. The highest BCUT2D eigenvalue weighted by molar-refractivity contribution is 7.89. The third-order valence-corrected chi connectivity index (χ3v) is 5.70. The van der Waals surface area contributed by atoms with Crippen LogP contribution in [0.15, 0.2) is 23.1 Å². The Balaban J connectivity index is 2.38. The van der Waals surface area contributed by atoms with Crippen LogP contribution in [0.2, 0.25) is 0 Å². The maximum absolute atomic E-state index is 12.7. The lowest BCUT2D eigenvalue weighted by molar-refractivity contribution is -0.385. The summed E-state index contributed by atoms with van der Waals surface area (Å²) in [5.41, 5.74) is 5.42. The van der Waals surface area contributed by atoms with Crippen LogP contribution in [0.3, 0.4) is 0 Å². The fraction of sp³-hybridized carbons (Fsp3) is 0.538. The Bertz CT molecular complexity index is 662. The molecule has 0 saturated carbocycles. The highest BCUT2D eigenvalue weighted by Crippen LogP contribution is 2.32. The zero-order valence-corrected chi connectivity index (χ0v) is 13.1. The molecular weight excluding hydrogens is 310 g/mol. The predicted molar refractivity (Wildman–Crippen MR) is 80.2 cm³/mol. The lowest BCUT2D eigenvalue weighted by atomic mass is 10.0. The van der Waals surface area contributed by atoms with E-state index in [2.05, 4.69) is 0 Å². The highest BCUT2D eigenvalue weighted by atomic mass is 32.2. The van der Waals surface area contributed by atoms with Crippen molar-refractivity contribution in [3.63, 3.8) is 0 Å². The summed E-state index contributed by atoms with van der Waals surface area (Å²) in [5, 5.41) is 10.8. The number of non-ortho nitro benzene ring substituents is 1. The summed E-state index contributed by atoms with van der Waals surface area (Å²) in [6, 6.07) is 3.51. The molecule has 1 heterocycles. The van der Waals surface area contributed by atoms with Crippen molar-refractivity contribution in [1.29, 1.82) is 0 Å². The van der Waals surface area contributed by atoms with Crippen molar-refractivity contribution in [1.82, 2.24) is 4.31 Å². The van der Waals surface area contributed by atoms with Crippen molar-refractivity contribution in [2.24, 2.45) is 11.7 Å². The Kier molecular flexibility index (Phi) is 4.99. The number of sulfonamides is 1. The summed E-state index contributed by atoms with van der Waals surface area (Å²) in [5.74, 6) is 0.108. The van der Waals surface area contributed by atoms with Gasteiger partial charge in [-0.1, -0.05) is 0 Å². The molecule has 8 nitrogen and oxygen atoms in total. The molecule has 0 spiro atoms. The zero-order valence-electron chi connectivity index (χ0n) is 12.3. The third-order valence-electron chi connectivity index (χ3n) is 3.79. The van der Waals surface area contributed by atoms with Crippen molar-refractivity contribution in [3.8, 4) is 5.75 Å². The Labute approximate surface area is 129 Å². The van der Waals surface area contributed by atoms with Crippen LogP contribution in [0.1, 0.15) is 12.8 Å². The molecule has 1 aliphatic heterocycles. The van der Waals surface area contributed by atoms with Gasteiger partial charge in [0.25, 0.3) is 5.69 Å². The number of benzene rings is 1. The summed E-state index contributed by atoms with van der Waals surface area (Å²) >= 11 is 0. The lowest BCUT2D eigenvalue weighted by Crippen LogP contribution is -2.42. The molecule has 1 aliphatic rings. The molecule has 0 amide bonds. The van der Waals surface area contributed by atoms with Gasteiger partial charge in [-0.05, 0) is 31.4 Å². The lowest BCUT2D eigenvalue weighted by Gasteiger charge is -2.31. The van der Waals surface area contributed by atoms with Crippen molar-refractivity contribution >= 4 is 15.7 Å². The Morgan fingerprint density at radius 2 is 2.23 bits per heavy atom. The van der Waals surface area contributed by atoms with E-state index in [1.165, 1.54) is 23.5 Å². The first kappa shape index (κ1) is 16.7. The molecule has 122 valence electrons. The van der Waals surface area contributed by atoms with Crippen LogP contribution in [0, 0.1) is 16.0 Å². The number of piperidine rings is 1. The number of nitrogens with two attached hydrogens (primary N) is 1. The Hall–Kier alpha value is -1.71. The van der Waals surface area contributed by atoms with Crippen molar-refractivity contribution in [2.75, 3.05) is 26.7 Å². The number of nitrogens with zero attached hydrogens (tertiary/aromatic N) is 2. The van der Waals surface area contributed by atoms with Gasteiger partial charge in [0.1, 0.15) is 10.6 Å². The molecule has 0 radical (unpaired) electrons. The second-order valence-electron chi connectivity index (χ2n) is 5.20. The number of methoxy groups -OCH3 is 1. The van der Waals surface area contributed by atoms with E-state index in [0.29, 0.717) is 19.6 Å². The van der Waals surface area contributed by atoms with Crippen molar-refractivity contribution < 1.29 is 18.1 Å². The van der Waals surface area contributed by atoms with Gasteiger partial charge in [-0.25, -0.2) is 8.42 Å². The van der Waals surface area contributed by atoms with Gasteiger partial charge in [-0.3, -0.25) is 10.1 Å². The van der Waals surface area contributed by atoms with E-state index in [0.717, 1.165) is 18.9 Å². The largest absolute Gasteiger partial charge is 0.495 e. The summed E-state index contributed by atoms with van der Waals surface area (Å²) in [6.07, 6.45) is 1.65. The fourth-order valence-electron chi connectivity index (χ4n) is 2.56.